The molecule has 0 unspecified atom stereocenters. The van der Waals surface area contributed by atoms with Gasteiger partial charge >= 0.3 is 5.97 Å². The quantitative estimate of drug-likeness (QED) is 0.420. The van der Waals surface area contributed by atoms with Gasteiger partial charge in [0, 0.05) is 6.54 Å². The van der Waals surface area contributed by atoms with Crippen LogP contribution in [0.15, 0.2) is 48.5 Å². The lowest BCUT2D eigenvalue weighted by molar-refractivity contribution is -0.144. The van der Waals surface area contributed by atoms with Crippen molar-refractivity contribution in [1.82, 2.24) is 9.80 Å². The summed E-state index contributed by atoms with van der Waals surface area (Å²) in [6, 6.07) is 12.9. The number of hydrogen-bond donors (Lipinski definition) is 0. The molecule has 8 nitrogen and oxygen atoms in total. The third kappa shape index (κ3) is 3.18. The average Bonchev–Trinajstić information content (AvgIpc) is 3.12. The molecule has 0 saturated heterocycles. The number of esters is 1. The van der Waals surface area contributed by atoms with Crippen molar-refractivity contribution in [1.29, 1.82) is 0 Å². The zero-order valence-electron chi connectivity index (χ0n) is 15.3. The zero-order chi connectivity index (χ0) is 20.5. The standard InChI is InChI=1S/C21H16N2O6/c24-17(12-23-20(27)15-8-3-4-9-16(15)21(23)28)29-11-5-10-22-18(25)13-6-1-2-7-14(13)19(22)26/h1-4,6-9H,5,10-12H2. The lowest BCUT2D eigenvalue weighted by Gasteiger charge is -2.15. The minimum absolute atomic E-state index is 0.0462. The molecule has 0 aliphatic carbocycles. The Balaban J connectivity index is 1.27. The van der Waals surface area contributed by atoms with Crippen LogP contribution in [-0.2, 0) is 9.53 Å². The van der Waals surface area contributed by atoms with Crippen molar-refractivity contribution in [3.8, 4) is 0 Å². The van der Waals surface area contributed by atoms with Gasteiger partial charge in [-0.25, -0.2) is 0 Å². The van der Waals surface area contributed by atoms with E-state index in [1.54, 1.807) is 36.4 Å². The molecule has 2 aromatic rings. The molecule has 146 valence electrons. The summed E-state index contributed by atoms with van der Waals surface area (Å²) < 4.78 is 5.07. The molecule has 2 heterocycles. The van der Waals surface area contributed by atoms with Crippen molar-refractivity contribution in [2.24, 2.45) is 0 Å². The molecule has 4 rings (SSSR count). The number of ether oxygens (including phenoxy) is 1. The minimum atomic E-state index is -0.734. The molecule has 0 saturated carbocycles. The van der Waals surface area contributed by atoms with Gasteiger partial charge in [-0.1, -0.05) is 24.3 Å². The number of rotatable bonds is 6. The van der Waals surface area contributed by atoms with Gasteiger partial charge in [-0.05, 0) is 30.7 Å². The number of carbonyl (C=O) groups excluding carboxylic acids is 5. The highest BCUT2D eigenvalue weighted by Crippen LogP contribution is 2.23. The Hall–Kier alpha value is -3.81. The Kier molecular flexibility index (Phi) is 4.67. The smallest absolute Gasteiger partial charge is 0.326 e. The number of benzene rings is 2. The molecule has 2 aliphatic heterocycles. The van der Waals surface area contributed by atoms with Crippen LogP contribution in [0.4, 0.5) is 0 Å². The van der Waals surface area contributed by atoms with Crippen LogP contribution in [0.25, 0.3) is 0 Å². The maximum absolute atomic E-state index is 12.3. The van der Waals surface area contributed by atoms with Gasteiger partial charge in [0.15, 0.2) is 0 Å². The van der Waals surface area contributed by atoms with E-state index in [1.165, 1.54) is 12.1 Å². The first-order valence-electron chi connectivity index (χ1n) is 9.05. The topological polar surface area (TPSA) is 101 Å². The first-order valence-corrected chi connectivity index (χ1v) is 9.05. The van der Waals surface area contributed by atoms with Crippen LogP contribution < -0.4 is 0 Å². The molecular weight excluding hydrogens is 376 g/mol. The van der Waals surface area contributed by atoms with Crippen LogP contribution >= 0.6 is 0 Å². The van der Waals surface area contributed by atoms with Crippen molar-refractivity contribution >= 4 is 29.6 Å². The van der Waals surface area contributed by atoms with Gasteiger partial charge in [0.1, 0.15) is 6.54 Å². The molecule has 2 aliphatic rings. The van der Waals surface area contributed by atoms with Gasteiger partial charge in [-0.3, -0.25) is 33.8 Å². The maximum Gasteiger partial charge on any atom is 0.326 e. The maximum atomic E-state index is 12.3. The third-order valence-electron chi connectivity index (χ3n) is 4.83. The summed E-state index contributed by atoms with van der Waals surface area (Å²) in [4.78, 5) is 63.0. The Morgan fingerprint density at radius 3 is 1.55 bits per heavy atom. The Morgan fingerprint density at radius 2 is 1.10 bits per heavy atom. The lowest BCUT2D eigenvalue weighted by atomic mass is 10.1. The molecular formula is C21H16N2O6. The molecule has 0 atom stereocenters. The van der Waals surface area contributed by atoms with Gasteiger partial charge in [0.05, 0.1) is 28.9 Å². The van der Waals surface area contributed by atoms with Crippen molar-refractivity contribution in [2.45, 2.75) is 6.42 Å². The first kappa shape index (κ1) is 18.5. The number of carbonyl (C=O) groups is 5. The van der Waals surface area contributed by atoms with Crippen molar-refractivity contribution in [2.75, 3.05) is 19.7 Å². The average molecular weight is 392 g/mol. The molecule has 0 N–H and O–H groups in total. The predicted octanol–water partition coefficient (Wildman–Crippen LogP) is 1.51. The SMILES string of the molecule is O=C(CN1C(=O)c2ccccc2C1=O)OCCCN1C(=O)c2ccccc2C1=O. The van der Waals surface area contributed by atoms with Crippen molar-refractivity contribution in [3.63, 3.8) is 0 Å². The first-order chi connectivity index (χ1) is 14.0. The van der Waals surface area contributed by atoms with Crippen LogP contribution in [0.1, 0.15) is 47.9 Å². The van der Waals surface area contributed by atoms with Crippen LogP contribution in [0.2, 0.25) is 0 Å². The summed E-state index contributed by atoms with van der Waals surface area (Å²) in [7, 11) is 0. The highest BCUT2D eigenvalue weighted by atomic mass is 16.5. The summed E-state index contributed by atoms with van der Waals surface area (Å²) >= 11 is 0. The van der Waals surface area contributed by atoms with Crippen molar-refractivity contribution in [3.05, 3.63) is 70.8 Å². The lowest BCUT2D eigenvalue weighted by Crippen LogP contribution is -2.36. The Labute approximate surface area is 165 Å². The molecule has 0 bridgehead atoms. The normalized spacial score (nSPS) is 15.0. The third-order valence-corrected chi connectivity index (χ3v) is 4.83. The van der Waals surface area contributed by atoms with Crippen LogP contribution in [0, 0.1) is 0 Å². The van der Waals surface area contributed by atoms with E-state index in [9.17, 15) is 24.0 Å². The van der Waals surface area contributed by atoms with E-state index in [4.69, 9.17) is 4.74 Å². The van der Waals surface area contributed by atoms with Gasteiger partial charge in [-0.2, -0.15) is 0 Å². The molecule has 0 spiro atoms. The summed E-state index contributed by atoms with van der Waals surface area (Å²) in [6.07, 6.45) is 0.249. The van der Waals surface area contributed by atoms with E-state index >= 15 is 0 Å². The number of nitrogens with zero attached hydrogens (tertiary/aromatic N) is 2. The fourth-order valence-electron chi connectivity index (χ4n) is 3.41. The van der Waals surface area contributed by atoms with Crippen LogP contribution in [0.5, 0.6) is 0 Å². The Morgan fingerprint density at radius 1 is 0.690 bits per heavy atom. The van der Waals surface area contributed by atoms with E-state index < -0.39 is 24.3 Å². The van der Waals surface area contributed by atoms with Gasteiger partial charge in [0.2, 0.25) is 0 Å². The molecule has 2 aromatic carbocycles. The second-order valence-corrected chi connectivity index (χ2v) is 6.62. The molecule has 29 heavy (non-hydrogen) atoms. The molecule has 4 amide bonds. The van der Waals surface area contributed by atoms with E-state index in [2.05, 4.69) is 0 Å². The zero-order valence-corrected chi connectivity index (χ0v) is 15.3. The second kappa shape index (κ2) is 7.31. The van der Waals surface area contributed by atoms with Crippen molar-refractivity contribution < 1.29 is 28.7 Å². The number of hydrogen-bond acceptors (Lipinski definition) is 6. The number of imide groups is 2. The summed E-state index contributed by atoms with van der Waals surface area (Å²) in [5.41, 5.74) is 1.24. The van der Waals surface area contributed by atoms with Gasteiger partial charge in [0.25, 0.3) is 23.6 Å². The van der Waals surface area contributed by atoms with E-state index in [0.29, 0.717) is 11.1 Å². The van der Waals surface area contributed by atoms with Crippen LogP contribution in [-0.4, -0.2) is 59.1 Å². The molecule has 8 heteroatoms. The predicted molar refractivity (Wildman–Crippen MR) is 99.2 cm³/mol. The van der Waals surface area contributed by atoms with Gasteiger partial charge in [-0.15, -0.1) is 0 Å². The largest absolute Gasteiger partial charge is 0.464 e. The Bertz CT molecular complexity index is 991. The monoisotopic (exact) mass is 392 g/mol. The van der Waals surface area contributed by atoms with Gasteiger partial charge < -0.3 is 4.74 Å². The molecule has 0 fully saturated rings. The van der Waals surface area contributed by atoms with Crippen LogP contribution in [0.3, 0.4) is 0 Å². The fourth-order valence-corrected chi connectivity index (χ4v) is 3.41. The number of fused-ring (bicyclic) bond motifs is 2. The fraction of sp³-hybridized carbons (Fsp3) is 0.190. The van der Waals surface area contributed by atoms with E-state index in [1.807, 2.05) is 0 Å². The highest BCUT2D eigenvalue weighted by molar-refractivity contribution is 6.22. The second-order valence-electron chi connectivity index (χ2n) is 6.62. The summed E-state index contributed by atoms with van der Waals surface area (Å²) in [5.74, 6) is -2.55. The minimum Gasteiger partial charge on any atom is -0.464 e. The summed E-state index contributed by atoms with van der Waals surface area (Å²) in [6.45, 7) is -0.429. The molecule has 0 aromatic heterocycles. The number of amides is 4. The molecule has 0 radical (unpaired) electrons. The summed E-state index contributed by atoms with van der Waals surface area (Å²) in [5, 5.41) is 0. The van der Waals surface area contributed by atoms with E-state index in [0.717, 1.165) is 9.80 Å². The highest BCUT2D eigenvalue weighted by Gasteiger charge is 2.37. The van der Waals surface area contributed by atoms with E-state index in [-0.39, 0.29) is 42.5 Å².